The molecule has 5 heteroatoms. The lowest BCUT2D eigenvalue weighted by Crippen LogP contribution is -1.77. The van der Waals surface area contributed by atoms with Gasteiger partial charge < -0.3 is 0 Å². The molecule has 0 unspecified atom stereocenters. The van der Waals surface area contributed by atoms with Crippen molar-refractivity contribution in [3.8, 4) is 0 Å². The standard InChI is InChI=1S/C10H6S5/c1-2-4-8-6-10-9(5-7(8)3-1)11-13-15-14-12-10/h1-6H. The Morgan fingerprint density at radius 1 is 0.667 bits per heavy atom. The van der Waals surface area contributed by atoms with E-state index < -0.39 is 0 Å². The smallest absolute Gasteiger partial charge is 0.0342 e. The third kappa shape index (κ3) is 2.26. The SMILES string of the molecule is c1ccc2cc3c(cc2c1)SSSSS3. The maximum absolute atomic E-state index is 2.29. The summed E-state index contributed by atoms with van der Waals surface area (Å²) in [6.45, 7) is 0. The highest BCUT2D eigenvalue weighted by molar-refractivity contribution is 9.36. The third-order valence-electron chi connectivity index (χ3n) is 2.12. The number of benzene rings is 2. The molecule has 76 valence electrons. The van der Waals surface area contributed by atoms with Crippen molar-refractivity contribution >= 4 is 61.8 Å². The Labute approximate surface area is 107 Å². The van der Waals surface area contributed by atoms with Crippen molar-refractivity contribution in [1.82, 2.24) is 0 Å². The Kier molecular flexibility index (Phi) is 3.36. The zero-order chi connectivity index (χ0) is 10.1. The van der Waals surface area contributed by atoms with E-state index in [0.717, 1.165) is 0 Å². The van der Waals surface area contributed by atoms with Gasteiger partial charge >= 0.3 is 0 Å². The molecule has 2 aromatic rings. The van der Waals surface area contributed by atoms with E-state index in [0.29, 0.717) is 0 Å². The molecule has 0 aliphatic carbocycles. The molecule has 0 aromatic heterocycles. The highest BCUT2D eigenvalue weighted by Gasteiger charge is 2.11. The molecular weight excluding hydrogens is 280 g/mol. The Morgan fingerprint density at radius 2 is 1.20 bits per heavy atom. The molecule has 15 heavy (non-hydrogen) atoms. The van der Waals surface area contributed by atoms with Crippen molar-refractivity contribution < 1.29 is 0 Å². The van der Waals surface area contributed by atoms with Gasteiger partial charge in [0, 0.05) is 9.79 Å². The Bertz CT molecular complexity index is 452. The molecule has 0 fully saturated rings. The van der Waals surface area contributed by atoms with E-state index in [2.05, 4.69) is 36.4 Å². The fourth-order valence-electron chi connectivity index (χ4n) is 1.44. The van der Waals surface area contributed by atoms with E-state index in [1.54, 1.807) is 0 Å². The summed E-state index contributed by atoms with van der Waals surface area (Å²) in [4.78, 5) is 2.78. The van der Waals surface area contributed by atoms with Gasteiger partial charge in [-0.05, 0) is 74.0 Å². The minimum Gasteiger partial charge on any atom is -0.0616 e. The molecule has 1 aliphatic heterocycles. The van der Waals surface area contributed by atoms with Crippen LogP contribution < -0.4 is 0 Å². The second kappa shape index (κ2) is 4.75. The van der Waals surface area contributed by atoms with Gasteiger partial charge in [0.2, 0.25) is 0 Å². The van der Waals surface area contributed by atoms with Crippen molar-refractivity contribution in [1.29, 1.82) is 0 Å². The average Bonchev–Trinajstić information content (AvgIpc) is 2.50. The zero-order valence-electron chi connectivity index (χ0n) is 7.51. The van der Waals surface area contributed by atoms with Gasteiger partial charge in [-0.2, -0.15) is 0 Å². The van der Waals surface area contributed by atoms with E-state index in [1.807, 2.05) is 51.1 Å². The number of rotatable bonds is 0. The van der Waals surface area contributed by atoms with E-state index in [9.17, 15) is 0 Å². The maximum Gasteiger partial charge on any atom is 0.0342 e. The van der Waals surface area contributed by atoms with Gasteiger partial charge in [-0.3, -0.25) is 0 Å². The molecule has 1 aliphatic rings. The Morgan fingerprint density at radius 3 is 1.73 bits per heavy atom. The van der Waals surface area contributed by atoms with Crippen LogP contribution >= 0.6 is 51.1 Å². The first kappa shape index (κ1) is 10.6. The lowest BCUT2D eigenvalue weighted by molar-refractivity contribution is 1.30. The first-order valence-corrected chi connectivity index (χ1v) is 10.5. The molecule has 0 saturated heterocycles. The summed E-state index contributed by atoms with van der Waals surface area (Å²) in [6, 6.07) is 13.1. The second-order valence-corrected chi connectivity index (χ2v) is 10.5. The molecule has 0 radical (unpaired) electrons. The van der Waals surface area contributed by atoms with Crippen LogP contribution in [0.15, 0.2) is 46.2 Å². The van der Waals surface area contributed by atoms with Gasteiger partial charge in [0.05, 0.1) is 0 Å². The monoisotopic (exact) mass is 286 g/mol. The summed E-state index contributed by atoms with van der Waals surface area (Å²) >= 11 is 0. The van der Waals surface area contributed by atoms with Crippen LogP contribution in [-0.2, 0) is 0 Å². The van der Waals surface area contributed by atoms with Gasteiger partial charge in [-0.1, -0.05) is 24.3 Å². The van der Waals surface area contributed by atoms with Gasteiger partial charge in [0.25, 0.3) is 0 Å². The van der Waals surface area contributed by atoms with Crippen LogP contribution in [0, 0.1) is 0 Å². The largest absolute Gasteiger partial charge is 0.0616 e. The molecule has 0 atom stereocenters. The van der Waals surface area contributed by atoms with Crippen molar-refractivity contribution in [3.63, 3.8) is 0 Å². The molecule has 0 nitrogen and oxygen atoms in total. The average molecular weight is 286 g/mol. The van der Waals surface area contributed by atoms with Crippen LogP contribution in [0.2, 0.25) is 0 Å². The molecule has 0 amide bonds. The molecular formula is C10H6S5. The van der Waals surface area contributed by atoms with Gasteiger partial charge in [0.1, 0.15) is 0 Å². The summed E-state index contributed by atoms with van der Waals surface area (Å²) in [7, 11) is 9.25. The molecule has 1 heterocycles. The summed E-state index contributed by atoms with van der Waals surface area (Å²) < 4.78 is 0. The minimum atomic E-state index is 1.34. The predicted molar refractivity (Wildman–Crippen MR) is 78.4 cm³/mol. The summed E-state index contributed by atoms with van der Waals surface area (Å²) in [5.74, 6) is 0. The molecule has 3 rings (SSSR count). The summed E-state index contributed by atoms with van der Waals surface area (Å²) in [6.07, 6.45) is 0. The van der Waals surface area contributed by atoms with E-state index in [4.69, 9.17) is 0 Å². The van der Waals surface area contributed by atoms with Crippen molar-refractivity contribution in [2.24, 2.45) is 0 Å². The van der Waals surface area contributed by atoms with Gasteiger partial charge in [0.15, 0.2) is 0 Å². The molecule has 0 N–H and O–H groups in total. The van der Waals surface area contributed by atoms with Crippen LogP contribution in [0.4, 0.5) is 0 Å². The van der Waals surface area contributed by atoms with Gasteiger partial charge in [-0.25, -0.2) is 0 Å². The second-order valence-electron chi connectivity index (χ2n) is 3.02. The van der Waals surface area contributed by atoms with Crippen molar-refractivity contribution in [3.05, 3.63) is 36.4 Å². The number of hydrogen-bond acceptors (Lipinski definition) is 5. The third-order valence-corrected chi connectivity index (χ3v) is 10.6. The fourth-order valence-corrected chi connectivity index (χ4v) is 10.3. The van der Waals surface area contributed by atoms with E-state index in [1.165, 1.54) is 20.6 Å². The highest BCUT2D eigenvalue weighted by Crippen LogP contribution is 2.59. The topological polar surface area (TPSA) is 0 Å². The lowest BCUT2D eigenvalue weighted by atomic mass is 10.1. The van der Waals surface area contributed by atoms with Crippen LogP contribution in [0.3, 0.4) is 0 Å². The van der Waals surface area contributed by atoms with Crippen LogP contribution in [0.1, 0.15) is 0 Å². The molecule has 0 bridgehead atoms. The van der Waals surface area contributed by atoms with Crippen LogP contribution in [0.5, 0.6) is 0 Å². The molecule has 0 saturated carbocycles. The fraction of sp³-hybridized carbons (Fsp3) is 0. The number of fused-ring (bicyclic) bond motifs is 2. The van der Waals surface area contributed by atoms with Crippen molar-refractivity contribution in [2.45, 2.75) is 9.79 Å². The normalized spacial score (nSPS) is 16.0. The summed E-state index contributed by atoms with van der Waals surface area (Å²) in [5, 5.41) is 2.67. The Hall–Kier alpha value is 0.450. The lowest BCUT2D eigenvalue weighted by Gasteiger charge is -2.04. The first-order chi connectivity index (χ1) is 7.43. The van der Waals surface area contributed by atoms with Gasteiger partial charge in [-0.15, -0.1) is 0 Å². The zero-order valence-corrected chi connectivity index (χ0v) is 11.6. The van der Waals surface area contributed by atoms with E-state index >= 15 is 0 Å². The van der Waals surface area contributed by atoms with Crippen LogP contribution in [-0.4, -0.2) is 0 Å². The van der Waals surface area contributed by atoms with E-state index in [-0.39, 0.29) is 0 Å². The number of hydrogen-bond donors (Lipinski definition) is 0. The highest BCUT2D eigenvalue weighted by atomic mass is 33.8. The van der Waals surface area contributed by atoms with Crippen molar-refractivity contribution in [2.75, 3.05) is 0 Å². The first-order valence-electron chi connectivity index (χ1n) is 4.31. The molecule has 2 aromatic carbocycles. The molecule has 0 spiro atoms. The maximum atomic E-state index is 2.29. The van der Waals surface area contributed by atoms with Crippen LogP contribution in [0.25, 0.3) is 10.8 Å². The Balaban J connectivity index is 2.20. The summed E-state index contributed by atoms with van der Waals surface area (Å²) in [5.41, 5.74) is 0. The minimum absolute atomic E-state index is 1.34. The predicted octanol–water partition coefficient (Wildman–Crippen LogP) is 5.90. The quantitative estimate of drug-likeness (QED) is 0.551.